The Labute approximate surface area is 124 Å². The van der Waals surface area contributed by atoms with Crippen LogP contribution in [0.15, 0.2) is 48.5 Å². The summed E-state index contributed by atoms with van der Waals surface area (Å²) in [6.07, 6.45) is 0. The van der Waals surface area contributed by atoms with E-state index in [0.29, 0.717) is 22.3 Å². The fourth-order valence-electron chi connectivity index (χ4n) is 2.05. The first-order chi connectivity index (χ1) is 10.6. The molecule has 1 aliphatic rings. The number of fused-ring (bicyclic) bond motifs is 2. The van der Waals surface area contributed by atoms with Crippen LogP contribution >= 0.6 is 0 Å². The summed E-state index contributed by atoms with van der Waals surface area (Å²) < 4.78 is 0. The lowest BCUT2D eigenvalue weighted by Crippen LogP contribution is -2.20. The molecular formula is C14H8N6O2-2. The molecule has 0 fully saturated rings. The van der Waals surface area contributed by atoms with Crippen LogP contribution in [-0.2, 0) is 0 Å². The SMILES string of the molecule is O=C1c2ccccc2C(=O)c2ccccc21.[N-]=[N+]=[N-].[N-]=[N+]=[N-]. The molecule has 0 amide bonds. The molecule has 0 saturated heterocycles. The van der Waals surface area contributed by atoms with E-state index in [1.165, 1.54) is 9.82 Å². The number of benzene rings is 2. The second-order valence-corrected chi connectivity index (χ2v) is 3.93. The van der Waals surface area contributed by atoms with Crippen molar-refractivity contribution in [3.8, 4) is 0 Å². The Bertz CT molecular complexity index is 670. The smallest absolute Gasteiger partial charge is 0.194 e. The highest BCUT2D eigenvalue weighted by atomic mass is 16.1. The largest absolute Gasteiger partial charge is 0.373 e. The molecule has 0 saturated carbocycles. The van der Waals surface area contributed by atoms with E-state index in [-0.39, 0.29) is 11.6 Å². The molecule has 0 heterocycles. The third kappa shape index (κ3) is 3.29. The van der Waals surface area contributed by atoms with Gasteiger partial charge in [-0.2, -0.15) is 0 Å². The second kappa shape index (κ2) is 7.86. The van der Waals surface area contributed by atoms with Crippen molar-refractivity contribution in [2.24, 2.45) is 0 Å². The molecule has 0 aromatic heterocycles. The van der Waals surface area contributed by atoms with Crippen LogP contribution in [0.25, 0.3) is 31.9 Å². The zero-order valence-corrected chi connectivity index (χ0v) is 11.1. The zero-order chi connectivity index (χ0) is 16.5. The summed E-state index contributed by atoms with van der Waals surface area (Å²) in [5, 5.41) is 0. The van der Waals surface area contributed by atoms with Gasteiger partial charge in [0.1, 0.15) is 0 Å². The third-order valence-corrected chi connectivity index (χ3v) is 2.83. The number of carbonyl (C=O) groups is 2. The van der Waals surface area contributed by atoms with Gasteiger partial charge in [-0.25, -0.2) is 0 Å². The lowest BCUT2D eigenvalue weighted by atomic mass is 9.84. The molecule has 0 atom stereocenters. The maximum Gasteiger partial charge on any atom is 0.194 e. The molecule has 108 valence electrons. The minimum Gasteiger partial charge on any atom is -0.373 e. The van der Waals surface area contributed by atoms with Crippen molar-refractivity contribution in [1.82, 2.24) is 0 Å². The van der Waals surface area contributed by atoms with Gasteiger partial charge < -0.3 is 22.1 Å². The van der Waals surface area contributed by atoms with Crippen LogP contribution in [0.4, 0.5) is 0 Å². The van der Waals surface area contributed by atoms with Gasteiger partial charge in [0, 0.05) is 22.3 Å². The minimum atomic E-state index is -0.0641. The average molecular weight is 292 g/mol. The minimum absolute atomic E-state index is 0.0641. The molecular weight excluding hydrogens is 284 g/mol. The van der Waals surface area contributed by atoms with E-state index < -0.39 is 0 Å². The summed E-state index contributed by atoms with van der Waals surface area (Å²) in [6, 6.07) is 13.9. The van der Waals surface area contributed by atoms with E-state index in [1.807, 2.05) is 0 Å². The molecule has 8 nitrogen and oxygen atoms in total. The van der Waals surface area contributed by atoms with Gasteiger partial charge in [-0.15, -0.1) is 0 Å². The number of ketones is 2. The lowest BCUT2D eigenvalue weighted by molar-refractivity contribution is 0.0979. The maximum atomic E-state index is 12.1. The Morgan fingerprint density at radius 2 is 0.727 bits per heavy atom. The van der Waals surface area contributed by atoms with Crippen LogP contribution in [-0.4, -0.2) is 11.6 Å². The van der Waals surface area contributed by atoms with Crippen LogP contribution in [0.5, 0.6) is 0 Å². The van der Waals surface area contributed by atoms with E-state index in [1.54, 1.807) is 48.5 Å². The van der Waals surface area contributed by atoms with Crippen molar-refractivity contribution >= 4 is 11.6 Å². The topological polar surface area (TPSA) is 152 Å². The number of nitrogens with zero attached hydrogens (tertiary/aromatic N) is 6. The monoisotopic (exact) mass is 292 g/mol. The van der Waals surface area contributed by atoms with Crippen LogP contribution in [0.1, 0.15) is 31.8 Å². The van der Waals surface area contributed by atoms with Crippen LogP contribution < -0.4 is 0 Å². The summed E-state index contributed by atoms with van der Waals surface area (Å²) in [4.78, 5) is 27.2. The molecule has 0 aliphatic heterocycles. The van der Waals surface area contributed by atoms with Crippen LogP contribution in [0.3, 0.4) is 0 Å². The first-order valence-electron chi connectivity index (χ1n) is 5.86. The molecule has 8 heteroatoms. The average Bonchev–Trinajstić information content (AvgIpc) is 2.54. The van der Waals surface area contributed by atoms with E-state index in [4.69, 9.17) is 22.1 Å². The van der Waals surface area contributed by atoms with Gasteiger partial charge in [0.2, 0.25) is 0 Å². The Morgan fingerprint density at radius 3 is 0.909 bits per heavy atom. The van der Waals surface area contributed by atoms with Crippen molar-refractivity contribution in [1.29, 1.82) is 0 Å². The fraction of sp³-hybridized carbons (Fsp3) is 0. The van der Waals surface area contributed by atoms with Gasteiger partial charge in [-0.3, -0.25) is 19.4 Å². The summed E-state index contributed by atoms with van der Waals surface area (Å²) in [5.41, 5.74) is 29.0. The molecule has 2 aromatic rings. The molecule has 0 N–H and O–H groups in total. The number of rotatable bonds is 0. The summed E-state index contributed by atoms with van der Waals surface area (Å²) in [6.45, 7) is 0. The van der Waals surface area contributed by atoms with Crippen molar-refractivity contribution in [2.45, 2.75) is 0 Å². The predicted molar refractivity (Wildman–Crippen MR) is 79.9 cm³/mol. The van der Waals surface area contributed by atoms with Gasteiger partial charge >= 0.3 is 0 Å². The molecule has 0 unspecified atom stereocenters. The van der Waals surface area contributed by atoms with E-state index >= 15 is 0 Å². The maximum absolute atomic E-state index is 12.1. The Hall–Kier alpha value is -3.60. The van der Waals surface area contributed by atoms with Gasteiger partial charge in [-0.05, 0) is 0 Å². The highest BCUT2D eigenvalue weighted by Crippen LogP contribution is 2.26. The van der Waals surface area contributed by atoms with Gasteiger partial charge in [0.05, 0.1) is 0 Å². The van der Waals surface area contributed by atoms with E-state index in [0.717, 1.165) is 0 Å². The van der Waals surface area contributed by atoms with Crippen LogP contribution in [0.2, 0.25) is 0 Å². The molecule has 2 aromatic carbocycles. The normalized spacial score (nSPS) is 10.4. The quantitative estimate of drug-likeness (QED) is 0.346. The highest BCUT2D eigenvalue weighted by Gasteiger charge is 2.28. The predicted octanol–water partition coefficient (Wildman–Crippen LogP) is 4.19. The summed E-state index contributed by atoms with van der Waals surface area (Å²) in [5.74, 6) is -0.128. The Kier molecular flexibility index (Phi) is 5.88. The van der Waals surface area contributed by atoms with Crippen LogP contribution in [0, 0.1) is 0 Å². The Balaban J connectivity index is 0.000000353. The first-order valence-corrected chi connectivity index (χ1v) is 5.86. The summed E-state index contributed by atoms with van der Waals surface area (Å²) >= 11 is 0. The van der Waals surface area contributed by atoms with E-state index in [2.05, 4.69) is 0 Å². The van der Waals surface area contributed by atoms with Crippen molar-refractivity contribution in [3.63, 3.8) is 0 Å². The van der Waals surface area contributed by atoms with Crippen molar-refractivity contribution < 1.29 is 9.59 Å². The molecule has 3 rings (SSSR count). The second-order valence-electron chi connectivity index (χ2n) is 3.93. The van der Waals surface area contributed by atoms with Gasteiger partial charge in [-0.1, -0.05) is 48.5 Å². The highest BCUT2D eigenvalue weighted by molar-refractivity contribution is 6.28. The molecule has 0 radical (unpaired) electrons. The molecule has 1 aliphatic carbocycles. The number of hydrogen-bond acceptors (Lipinski definition) is 2. The third-order valence-electron chi connectivity index (χ3n) is 2.83. The summed E-state index contributed by atoms with van der Waals surface area (Å²) in [7, 11) is 0. The van der Waals surface area contributed by atoms with Gasteiger partial charge in [0.15, 0.2) is 11.6 Å². The first kappa shape index (κ1) is 16.5. The van der Waals surface area contributed by atoms with Gasteiger partial charge in [0.25, 0.3) is 0 Å². The lowest BCUT2D eigenvalue weighted by Gasteiger charge is -2.16. The van der Waals surface area contributed by atoms with E-state index in [9.17, 15) is 9.59 Å². The standard InChI is InChI=1S/C14H8O2.2N3/c15-13-9-5-1-2-6-10(9)14(16)12-8-4-3-7-11(12)13;2*1-3-2/h1-8H;;/q;2*-1. The molecule has 0 spiro atoms. The van der Waals surface area contributed by atoms with Crippen molar-refractivity contribution in [2.75, 3.05) is 0 Å². The molecule has 22 heavy (non-hydrogen) atoms. The number of hydrogen-bond donors (Lipinski definition) is 0. The Morgan fingerprint density at radius 1 is 0.545 bits per heavy atom. The molecule has 0 bridgehead atoms. The number of carbonyl (C=O) groups excluding carboxylic acids is 2. The van der Waals surface area contributed by atoms with Crippen molar-refractivity contribution in [3.05, 3.63) is 103 Å². The fourth-order valence-corrected chi connectivity index (χ4v) is 2.05. The zero-order valence-electron chi connectivity index (χ0n) is 11.1.